The van der Waals surface area contributed by atoms with E-state index in [0.717, 1.165) is 0 Å². The zero-order valence-electron chi connectivity index (χ0n) is 44.2. The number of anilines is 4. The molecule has 2 amide bonds. The van der Waals surface area contributed by atoms with E-state index in [9.17, 15) is 9.59 Å². The van der Waals surface area contributed by atoms with Crippen molar-refractivity contribution < 1.29 is 42.7 Å². The number of hydrogen-bond donors (Lipinski definition) is 6. The summed E-state index contributed by atoms with van der Waals surface area (Å²) in [6, 6.07) is 5.76. The summed E-state index contributed by atoms with van der Waals surface area (Å²) >= 11 is 28.0. The molecule has 4 aromatic heterocycles. The van der Waals surface area contributed by atoms with Gasteiger partial charge in [-0.05, 0) is 42.5 Å². The summed E-state index contributed by atoms with van der Waals surface area (Å²) in [5.41, 5.74) is 1.47. The zero-order chi connectivity index (χ0) is 56.1. The number of amides is 2. The normalized spacial score (nSPS) is 19.9. The minimum Gasteiger partial charge on any atom is -0.495 e. The fraction of sp³-hybridized carbons (Fsp3) is 0.407. The summed E-state index contributed by atoms with van der Waals surface area (Å²) in [5.74, 6) is 3.03. The van der Waals surface area contributed by atoms with Crippen molar-refractivity contribution in [2.24, 2.45) is 5.41 Å². The lowest BCUT2D eigenvalue weighted by molar-refractivity contribution is -0.118. The number of ether oxygens (including phenoxy) is 7. The summed E-state index contributed by atoms with van der Waals surface area (Å²) in [6.45, 7) is 15.9. The molecule has 0 radical (unpaired) electrons. The highest BCUT2D eigenvalue weighted by Crippen LogP contribution is 2.47. The molecule has 3 saturated heterocycles. The van der Waals surface area contributed by atoms with E-state index in [1.807, 2.05) is 12.1 Å². The van der Waals surface area contributed by atoms with Crippen LogP contribution in [0.2, 0.25) is 20.1 Å². The molecule has 21 nitrogen and oxygen atoms in total. The van der Waals surface area contributed by atoms with Crippen LogP contribution in [0.25, 0.3) is 44.6 Å². The number of nitrogens with one attached hydrogen (secondary N) is 6. The van der Waals surface area contributed by atoms with Crippen molar-refractivity contribution in [1.29, 1.82) is 0 Å². The van der Waals surface area contributed by atoms with Crippen LogP contribution in [0.15, 0.2) is 62.0 Å². The average molecular weight is 1160 g/mol. The summed E-state index contributed by atoms with van der Waals surface area (Å²) < 4.78 is 41.2. The van der Waals surface area contributed by atoms with E-state index in [2.05, 4.69) is 75.8 Å². The maximum Gasteiger partial charge on any atom is 0.243 e. The van der Waals surface area contributed by atoms with Gasteiger partial charge in [0.15, 0.2) is 11.6 Å². The van der Waals surface area contributed by atoms with E-state index in [4.69, 9.17) is 99.5 Å². The van der Waals surface area contributed by atoms with Crippen molar-refractivity contribution >= 4 is 103 Å². The number of carbonyl (C=O) groups excluding carboxylic acids is 2. The standard InChI is InChI=1S/C54H60Cl4N12O9/c1-9-42(71)65-34-23-76-21-32(34)63-40-13-28-30(18-59-40)67-52(44-46(55)36(73-6)15-37(74-7)47(44)56)69-50(28)61-17-26-11-12-27(79-26)20-78-39-16-38(75-8)48(57)45(49(39)58)53-68-31-19-60-41(14-29(31)51(70-53)62-25-54(3,4)5)64-33-22-77-24-35(33)66-43(72)10-2/h9-10,13-16,18-19,26-27,32-35H,1-2,11-12,17,20-25H2,3-8H3,(H,59,63)(H,60,64)(H,65,71)(H,66,72)(H,61,67,69)(H,62,68,70)/t26?,27?,32-,33-,34+,35+/m1/s1. The molecule has 3 fully saturated rings. The van der Waals surface area contributed by atoms with Gasteiger partial charge in [0.2, 0.25) is 11.8 Å². The maximum absolute atomic E-state index is 12.2. The van der Waals surface area contributed by atoms with Crippen molar-refractivity contribution in [1.82, 2.24) is 40.5 Å². The lowest BCUT2D eigenvalue weighted by Gasteiger charge is -2.22. The summed E-state index contributed by atoms with van der Waals surface area (Å²) in [5, 5.41) is 21.7. The Bertz CT molecular complexity index is 3270. The van der Waals surface area contributed by atoms with Crippen LogP contribution in [0, 0.1) is 5.41 Å². The molecule has 6 atom stereocenters. The van der Waals surface area contributed by atoms with Crippen LogP contribution in [0.3, 0.4) is 0 Å². The van der Waals surface area contributed by atoms with Crippen molar-refractivity contribution in [2.45, 2.75) is 70.0 Å². The molecule has 0 aliphatic carbocycles. The van der Waals surface area contributed by atoms with Crippen molar-refractivity contribution in [3.8, 4) is 45.8 Å². The average Bonchev–Trinajstić information content (AvgIpc) is 4.36. The number of benzene rings is 2. The lowest BCUT2D eigenvalue weighted by atomic mass is 9.97. The molecule has 6 aromatic rings. The minimum absolute atomic E-state index is 0.125. The zero-order valence-corrected chi connectivity index (χ0v) is 47.3. The molecular weight excluding hydrogens is 1100 g/mol. The van der Waals surface area contributed by atoms with Gasteiger partial charge in [-0.3, -0.25) is 9.59 Å². The first-order chi connectivity index (χ1) is 38.0. The Morgan fingerprint density at radius 1 is 0.633 bits per heavy atom. The quantitative estimate of drug-likeness (QED) is 0.0368. The lowest BCUT2D eigenvalue weighted by Crippen LogP contribution is -2.45. The summed E-state index contributed by atoms with van der Waals surface area (Å²) in [6.07, 6.45) is 6.43. The SMILES string of the molecule is C=CC(=O)N[C@H]1COC[C@H]1Nc1cc2c(NCC3CCC(COc4cc(OC)c(Cl)c(-c5nc(NCC(C)(C)C)c6cc(N[C@@H]7COC[C@@H]7NC(=O)C=C)ncc6n5)c4Cl)O3)nc(-c3c(Cl)c(OC)cc(OC)c3Cl)nc2cn1. The second-order valence-corrected chi connectivity index (χ2v) is 21.6. The molecule has 9 rings (SSSR count). The third-order valence-corrected chi connectivity index (χ3v) is 14.8. The second kappa shape index (κ2) is 24.7. The van der Waals surface area contributed by atoms with E-state index in [1.165, 1.54) is 33.5 Å². The number of hydrogen-bond acceptors (Lipinski definition) is 19. The van der Waals surface area contributed by atoms with Gasteiger partial charge >= 0.3 is 0 Å². The molecule has 418 valence electrons. The minimum atomic E-state index is -0.334. The number of halogens is 4. The molecule has 0 bridgehead atoms. The first kappa shape index (κ1) is 57.0. The van der Waals surface area contributed by atoms with E-state index in [-0.39, 0.29) is 97.7 Å². The predicted octanol–water partition coefficient (Wildman–Crippen LogP) is 8.80. The number of methoxy groups -OCH3 is 3. The van der Waals surface area contributed by atoms with E-state index in [0.29, 0.717) is 126 Å². The highest BCUT2D eigenvalue weighted by atomic mass is 35.5. The number of carbonyl (C=O) groups is 2. The highest BCUT2D eigenvalue weighted by molar-refractivity contribution is 6.41. The smallest absolute Gasteiger partial charge is 0.243 e. The van der Waals surface area contributed by atoms with Crippen LogP contribution in [0.4, 0.5) is 23.3 Å². The fourth-order valence-electron chi connectivity index (χ4n) is 9.17. The Hall–Kier alpha value is -6.72. The molecule has 79 heavy (non-hydrogen) atoms. The van der Waals surface area contributed by atoms with Gasteiger partial charge in [-0.15, -0.1) is 0 Å². The molecular formula is C54H60Cl4N12O9. The Labute approximate surface area is 476 Å². The number of nitrogens with zero attached hydrogens (tertiary/aromatic N) is 6. The Kier molecular flexibility index (Phi) is 17.8. The molecule has 6 N–H and O–H groups in total. The third-order valence-electron chi connectivity index (χ3n) is 13.3. The molecule has 3 aliphatic heterocycles. The number of fused-ring (bicyclic) bond motifs is 2. The maximum atomic E-state index is 12.2. The third kappa shape index (κ3) is 13.0. The van der Waals surface area contributed by atoms with Crippen molar-refractivity contribution in [3.63, 3.8) is 0 Å². The topological polar surface area (TPSA) is 248 Å². The molecule has 2 aromatic carbocycles. The highest BCUT2D eigenvalue weighted by Gasteiger charge is 2.33. The molecule has 7 heterocycles. The number of rotatable bonds is 21. The van der Waals surface area contributed by atoms with Crippen LogP contribution in [-0.2, 0) is 23.8 Å². The first-order valence-corrected chi connectivity index (χ1v) is 26.8. The number of pyridine rings is 2. The molecule has 0 spiro atoms. The molecule has 0 saturated carbocycles. The van der Waals surface area contributed by atoms with Crippen molar-refractivity contribution in [3.05, 3.63) is 82.1 Å². The molecule has 3 aliphatic rings. The van der Waals surface area contributed by atoms with E-state index >= 15 is 0 Å². The van der Waals surface area contributed by atoms with Crippen LogP contribution in [0.1, 0.15) is 33.6 Å². The van der Waals surface area contributed by atoms with Gasteiger partial charge in [0.25, 0.3) is 0 Å². The van der Waals surface area contributed by atoms with Crippen LogP contribution < -0.4 is 50.8 Å². The van der Waals surface area contributed by atoms with Crippen molar-refractivity contribution in [2.75, 3.05) is 88.7 Å². The Morgan fingerprint density at radius 3 is 1.54 bits per heavy atom. The van der Waals surface area contributed by atoms with Gasteiger partial charge in [-0.2, -0.15) is 0 Å². The van der Waals surface area contributed by atoms with Crippen LogP contribution in [-0.4, -0.2) is 146 Å². The Morgan fingerprint density at radius 2 is 1.08 bits per heavy atom. The van der Waals surface area contributed by atoms with Gasteiger partial charge in [0.1, 0.15) is 52.9 Å². The van der Waals surface area contributed by atoms with E-state index in [1.54, 1.807) is 24.5 Å². The van der Waals surface area contributed by atoms with Gasteiger partial charge < -0.3 is 65.1 Å². The Balaban J connectivity index is 0.948. The second-order valence-electron chi connectivity index (χ2n) is 20.1. The van der Waals surface area contributed by atoms with Crippen LogP contribution in [0.5, 0.6) is 23.0 Å². The fourth-order valence-corrected chi connectivity index (χ4v) is 10.5. The predicted molar refractivity (Wildman–Crippen MR) is 306 cm³/mol. The van der Waals surface area contributed by atoms with Gasteiger partial charge in [-0.1, -0.05) is 80.3 Å². The molecule has 25 heteroatoms. The monoisotopic (exact) mass is 1160 g/mol. The van der Waals surface area contributed by atoms with Gasteiger partial charge in [0, 0.05) is 36.0 Å². The first-order valence-electron chi connectivity index (χ1n) is 25.3. The summed E-state index contributed by atoms with van der Waals surface area (Å²) in [7, 11) is 4.47. The van der Waals surface area contributed by atoms with Gasteiger partial charge in [-0.25, -0.2) is 29.9 Å². The number of aromatic nitrogens is 6. The summed E-state index contributed by atoms with van der Waals surface area (Å²) in [4.78, 5) is 53.4. The van der Waals surface area contributed by atoms with E-state index < -0.39 is 0 Å². The largest absolute Gasteiger partial charge is 0.495 e. The van der Waals surface area contributed by atoms with Gasteiger partial charge in [0.05, 0.1) is 139 Å². The molecule has 2 unspecified atom stereocenters. The van der Waals surface area contributed by atoms with Crippen LogP contribution >= 0.6 is 46.4 Å².